The third-order valence-corrected chi connectivity index (χ3v) is 6.22. The number of aromatic nitrogens is 5. The molecule has 0 atom stereocenters. The molecule has 0 aliphatic carbocycles. The normalized spacial score (nSPS) is 11.8. The molecule has 174 valence electrons. The van der Waals surface area contributed by atoms with E-state index in [-0.39, 0.29) is 0 Å². The molecule has 0 radical (unpaired) electrons. The van der Waals surface area contributed by atoms with Crippen molar-refractivity contribution < 1.29 is 0 Å². The van der Waals surface area contributed by atoms with Crippen LogP contribution in [0.25, 0.3) is 33.8 Å². The molecule has 3 aromatic heterocycles. The Kier molecular flexibility index (Phi) is 5.73. The van der Waals surface area contributed by atoms with E-state index >= 15 is 0 Å². The molecule has 0 unspecified atom stereocenters. The van der Waals surface area contributed by atoms with Crippen molar-refractivity contribution >= 4 is 51.8 Å². The van der Waals surface area contributed by atoms with Crippen molar-refractivity contribution in [2.24, 2.45) is 5.10 Å². The van der Waals surface area contributed by atoms with Gasteiger partial charge in [0.15, 0.2) is 21.4 Å². The van der Waals surface area contributed by atoms with Crippen molar-refractivity contribution in [3.05, 3.63) is 118 Å². The van der Waals surface area contributed by atoms with E-state index in [0.717, 1.165) is 11.4 Å². The molecule has 6 aromatic rings. The van der Waals surface area contributed by atoms with Gasteiger partial charge >= 0.3 is 0 Å². The monoisotopic (exact) mass is 507 g/mol. The van der Waals surface area contributed by atoms with E-state index in [0.29, 0.717) is 43.3 Å². The first kappa shape index (κ1) is 22.1. The second kappa shape index (κ2) is 9.33. The van der Waals surface area contributed by atoms with Crippen molar-refractivity contribution in [1.82, 2.24) is 24.1 Å². The summed E-state index contributed by atoms with van der Waals surface area (Å²) in [6.07, 6.45) is 1.72. The SMILES string of the molecule is S=c1n(-c2ccc(Cl)cc2)c2nc3ccccc3nc(/c2=N\Nc2ccccc2)n1-c1ccccn1. The lowest BCUT2D eigenvalue weighted by molar-refractivity contribution is 0.865. The molecule has 0 aliphatic heterocycles. The Morgan fingerprint density at radius 2 is 1.36 bits per heavy atom. The van der Waals surface area contributed by atoms with E-state index in [4.69, 9.17) is 38.9 Å². The van der Waals surface area contributed by atoms with Crippen LogP contribution in [0.15, 0.2) is 108 Å². The summed E-state index contributed by atoms with van der Waals surface area (Å²) >= 11 is 12.2. The minimum Gasteiger partial charge on any atom is -0.278 e. The molecular formula is C27H18ClN7S. The Bertz CT molecular complexity index is 1830. The van der Waals surface area contributed by atoms with Crippen LogP contribution in [0.5, 0.6) is 0 Å². The Morgan fingerprint density at radius 1 is 0.722 bits per heavy atom. The Labute approximate surface area is 216 Å². The molecule has 3 heterocycles. The Hall–Kier alpha value is -4.40. The van der Waals surface area contributed by atoms with Crippen LogP contribution < -0.4 is 10.8 Å². The molecule has 7 nitrogen and oxygen atoms in total. The molecule has 2 bridgehead atoms. The minimum absolute atomic E-state index is 0.444. The van der Waals surface area contributed by atoms with Crippen molar-refractivity contribution in [1.29, 1.82) is 0 Å². The summed E-state index contributed by atoms with van der Waals surface area (Å²) in [5.41, 5.74) is 7.25. The fourth-order valence-electron chi connectivity index (χ4n) is 3.93. The van der Waals surface area contributed by atoms with Gasteiger partial charge in [-0.3, -0.25) is 14.6 Å². The molecular weight excluding hydrogens is 490 g/mol. The number of nitrogens with one attached hydrogen (secondary N) is 1. The van der Waals surface area contributed by atoms with Crippen molar-refractivity contribution in [2.45, 2.75) is 0 Å². The van der Waals surface area contributed by atoms with Gasteiger partial charge in [-0.25, -0.2) is 15.0 Å². The number of hydrogen-bond donors (Lipinski definition) is 1. The highest BCUT2D eigenvalue weighted by molar-refractivity contribution is 7.71. The van der Waals surface area contributed by atoms with Crippen molar-refractivity contribution in [2.75, 3.05) is 5.43 Å². The molecule has 36 heavy (non-hydrogen) atoms. The predicted molar refractivity (Wildman–Crippen MR) is 145 cm³/mol. The van der Waals surface area contributed by atoms with Crippen LogP contribution in [-0.4, -0.2) is 24.1 Å². The van der Waals surface area contributed by atoms with Crippen LogP contribution in [0.4, 0.5) is 5.69 Å². The molecule has 3 aromatic carbocycles. The van der Waals surface area contributed by atoms with E-state index in [9.17, 15) is 0 Å². The number of benzene rings is 3. The summed E-state index contributed by atoms with van der Waals surface area (Å²) in [5, 5.41) is 5.93. The molecule has 9 heteroatoms. The van der Waals surface area contributed by atoms with Gasteiger partial charge in [-0.1, -0.05) is 48.0 Å². The molecule has 0 amide bonds. The highest BCUT2D eigenvalue weighted by atomic mass is 35.5. The predicted octanol–water partition coefficient (Wildman–Crippen LogP) is 6.07. The van der Waals surface area contributed by atoms with Gasteiger partial charge in [-0.15, -0.1) is 0 Å². The van der Waals surface area contributed by atoms with E-state index < -0.39 is 0 Å². The topological polar surface area (TPSA) is 72.9 Å². The number of hydrogen-bond acceptors (Lipinski definition) is 6. The number of pyridine rings is 1. The highest BCUT2D eigenvalue weighted by Gasteiger charge is 2.17. The first-order valence-electron chi connectivity index (χ1n) is 11.2. The zero-order chi connectivity index (χ0) is 24.5. The number of halogens is 1. The number of para-hydroxylation sites is 3. The first-order chi connectivity index (χ1) is 17.7. The fourth-order valence-corrected chi connectivity index (χ4v) is 4.43. The number of nitrogens with zero attached hydrogens (tertiary/aromatic N) is 6. The quantitative estimate of drug-likeness (QED) is 0.231. The van der Waals surface area contributed by atoms with Crippen LogP contribution >= 0.6 is 23.8 Å². The zero-order valence-electron chi connectivity index (χ0n) is 18.8. The van der Waals surface area contributed by atoms with Gasteiger partial charge in [0.05, 0.1) is 22.4 Å². The molecule has 6 rings (SSSR count). The Balaban J connectivity index is 1.82. The standard InChI is InChI=1S/C27H18ClN7S/c28-18-13-15-20(16-14-18)34-25-24(33-32-19-8-2-1-3-9-19)26(31-22-11-5-4-10-21(22)30-25)35(27(34)36)23-12-6-7-17-29-23/h1-17,32H/b33-24-. The van der Waals surface area contributed by atoms with E-state index in [1.165, 1.54) is 0 Å². The van der Waals surface area contributed by atoms with Gasteiger partial charge in [-0.2, -0.15) is 5.10 Å². The lowest BCUT2D eigenvalue weighted by Crippen LogP contribution is -2.23. The average molecular weight is 508 g/mol. The van der Waals surface area contributed by atoms with E-state index in [1.807, 2.05) is 106 Å². The highest BCUT2D eigenvalue weighted by Crippen LogP contribution is 2.20. The smallest absolute Gasteiger partial charge is 0.193 e. The maximum atomic E-state index is 6.20. The molecule has 0 fully saturated rings. The second-order valence-electron chi connectivity index (χ2n) is 7.92. The van der Waals surface area contributed by atoms with Crippen LogP contribution in [0.1, 0.15) is 0 Å². The van der Waals surface area contributed by atoms with Gasteiger partial charge in [0, 0.05) is 11.2 Å². The number of rotatable bonds is 4. The largest absolute Gasteiger partial charge is 0.278 e. The van der Waals surface area contributed by atoms with E-state index in [2.05, 4.69) is 10.4 Å². The van der Waals surface area contributed by atoms with Crippen LogP contribution in [0, 0.1) is 4.77 Å². The first-order valence-corrected chi connectivity index (χ1v) is 11.9. The van der Waals surface area contributed by atoms with Crippen LogP contribution in [-0.2, 0) is 0 Å². The lowest BCUT2D eigenvalue weighted by atomic mass is 10.3. The zero-order valence-corrected chi connectivity index (χ0v) is 20.4. The third-order valence-electron chi connectivity index (χ3n) is 5.60. The second-order valence-corrected chi connectivity index (χ2v) is 8.72. The maximum absolute atomic E-state index is 6.20. The average Bonchev–Trinajstić information content (AvgIpc) is 3.03. The summed E-state index contributed by atoms with van der Waals surface area (Å²) in [5.74, 6) is 0.617. The fraction of sp³-hybridized carbons (Fsp3) is 0. The number of anilines is 1. The van der Waals surface area contributed by atoms with Gasteiger partial charge in [0.2, 0.25) is 0 Å². The summed E-state index contributed by atoms with van der Waals surface area (Å²) in [4.78, 5) is 14.6. The summed E-state index contributed by atoms with van der Waals surface area (Å²) in [7, 11) is 0. The van der Waals surface area contributed by atoms with Gasteiger partial charge < -0.3 is 0 Å². The third kappa shape index (κ3) is 4.02. The maximum Gasteiger partial charge on any atom is 0.193 e. The van der Waals surface area contributed by atoms with Crippen LogP contribution in [0.3, 0.4) is 0 Å². The minimum atomic E-state index is 0.444. The van der Waals surface area contributed by atoms with Crippen LogP contribution in [0.2, 0.25) is 5.02 Å². The molecule has 0 aliphatic rings. The lowest BCUT2D eigenvalue weighted by Gasteiger charge is -2.15. The molecule has 0 saturated heterocycles. The van der Waals surface area contributed by atoms with E-state index in [1.54, 1.807) is 6.20 Å². The molecule has 1 N–H and O–H groups in total. The number of fused-ring (bicyclic) bond motifs is 3. The van der Waals surface area contributed by atoms with Gasteiger partial charge in [0.1, 0.15) is 5.82 Å². The van der Waals surface area contributed by atoms with Crippen molar-refractivity contribution in [3.8, 4) is 11.5 Å². The molecule has 0 spiro atoms. The molecule has 0 saturated carbocycles. The summed E-state index contributed by atoms with van der Waals surface area (Å²) in [6, 6.07) is 30.5. The Morgan fingerprint density at radius 3 is 2.03 bits per heavy atom. The summed E-state index contributed by atoms with van der Waals surface area (Å²) < 4.78 is 4.13. The van der Waals surface area contributed by atoms with Crippen molar-refractivity contribution in [3.63, 3.8) is 0 Å². The summed E-state index contributed by atoms with van der Waals surface area (Å²) in [6.45, 7) is 0. The van der Waals surface area contributed by atoms with Gasteiger partial charge in [-0.05, 0) is 72.9 Å². The van der Waals surface area contributed by atoms with Gasteiger partial charge in [0.25, 0.3) is 0 Å².